The van der Waals surface area contributed by atoms with Gasteiger partial charge in [0.05, 0.1) is 21.8 Å². The first kappa shape index (κ1) is 15.3. The third kappa shape index (κ3) is 2.95. The van der Waals surface area contributed by atoms with E-state index in [9.17, 15) is 4.79 Å². The number of benzene rings is 2. The Morgan fingerprint density at radius 3 is 2.77 bits per heavy atom. The van der Waals surface area contributed by atoms with Crippen LogP contribution in [0.25, 0.3) is 10.9 Å². The lowest BCUT2D eigenvalue weighted by Crippen LogP contribution is -2.13. The van der Waals surface area contributed by atoms with Crippen LogP contribution in [0.2, 0.25) is 10.0 Å². The van der Waals surface area contributed by atoms with Crippen LogP contribution in [0.4, 0.5) is 5.69 Å². The maximum Gasteiger partial charge on any atom is 0.257 e. The summed E-state index contributed by atoms with van der Waals surface area (Å²) < 4.78 is 0.911. The van der Waals surface area contributed by atoms with Crippen LogP contribution in [0.3, 0.4) is 0 Å². The molecule has 3 aromatic rings. The van der Waals surface area contributed by atoms with Crippen LogP contribution in [0.15, 0.2) is 53.1 Å². The molecule has 0 atom stereocenters. The first-order valence-corrected chi connectivity index (χ1v) is 7.91. The van der Waals surface area contributed by atoms with Gasteiger partial charge in [0.25, 0.3) is 5.91 Å². The third-order valence-electron chi connectivity index (χ3n) is 3.14. The molecular weight excluding hydrogens is 387 g/mol. The highest BCUT2D eigenvalue weighted by Crippen LogP contribution is 2.29. The number of amides is 1. The molecule has 0 radical (unpaired) electrons. The molecule has 2 aromatic carbocycles. The van der Waals surface area contributed by atoms with Crippen molar-refractivity contribution in [3.8, 4) is 0 Å². The number of hydrogen-bond donors (Lipinski definition) is 1. The summed E-state index contributed by atoms with van der Waals surface area (Å²) in [6.07, 6.45) is 1.68. The number of rotatable bonds is 2. The Balaban J connectivity index is 2.02. The van der Waals surface area contributed by atoms with E-state index in [0.29, 0.717) is 26.8 Å². The van der Waals surface area contributed by atoms with Gasteiger partial charge >= 0.3 is 0 Å². The molecule has 6 heteroatoms. The van der Waals surface area contributed by atoms with Crippen molar-refractivity contribution in [3.63, 3.8) is 0 Å². The minimum Gasteiger partial charge on any atom is -0.320 e. The monoisotopic (exact) mass is 394 g/mol. The van der Waals surface area contributed by atoms with E-state index in [1.807, 2.05) is 18.2 Å². The first-order chi connectivity index (χ1) is 10.6. The second-order valence-electron chi connectivity index (χ2n) is 4.57. The Bertz CT molecular complexity index is 883. The van der Waals surface area contributed by atoms with Crippen molar-refractivity contribution in [2.45, 2.75) is 0 Å². The Morgan fingerprint density at radius 2 is 1.95 bits per heavy atom. The lowest BCUT2D eigenvalue weighted by atomic mass is 10.1. The average Bonchev–Trinajstić information content (AvgIpc) is 2.52. The Kier molecular flexibility index (Phi) is 4.34. The lowest BCUT2D eigenvalue weighted by Gasteiger charge is -2.10. The number of aromatic nitrogens is 1. The van der Waals surface area contributed by atoms with Gasteiger partial charge in [0, 0.05) is 21.1 Å². The summed E-state index contributed by atoms with van der Waals surface area (Å²) in [4.78, 5) is 16.7. The van der Waals surface area contributed by atoms with Gasteiger partial charge in [-0.25, -0.2) is 0 Å². The second-order valence-corrected chi connectivity index (χ2v) is 6.27. The molecule has 0 aliphatic carbocycles. The van der Waals surface area contributed by atoms with Gasteiger partial charge in [0.2, 0.25) is 0 Å². The van der Waals surface area contributed by atoms with Crippen LogP contribution >= 0.6 is 39.1 Å². The van der Waals surface area contributed by atoms with Crippen molar-refractivity contribution >= 4 is 61.6 Å². The number of fused-ring (bicyclic) bond motifs is 1. The molecule has 3 nitrogen and oxygen atoms in total. The molecule has 0 saturated carbocycles. The van der Waals surface area contributed by atoms with Crippen LogP contribution in [-0.4, -0.2) is 10.9 Å². The van der Waals surface area contributed by atoms with Gasteiger partial charge in [0.1, 0.15) is 0 Å². The summed E-state index contributed by atoms with van der Waals surface area (Å²) in [5.41, 5.74) is 1.63. The highest BCUT2D eigenvalue weighted by atomic mass is 79.9. The number of nitrogens with zero attached hydrogens (tertiary/aromatic N) is 1. The highest BCUT2D eigenvalue weighted by Gasteiger charge is 2.13. The van der Waals surface area contributed by atoms with Crippen molar-refractivity contribution in [3.05, 3.63) is 68.7 Å². The maximum absolute atomic E-state index is 12.4. The molecule has 0 unspecified atom stereocenters. The number of hydrogen-bond acceptors (Lipinski definition) is 2. The molecule has 110 valence electrons. The molecule has 3 rings (SSSR count). The quantitative estimate of drug-likeness (QED) is 0.617. The fourth-order valence-electron chi connectivity index (χ4n) is 2.10. The smallest absolute Gasteiger partial charge is 0.257 e. The summed E-state index contributed by atoms with van der Waals surface area (Å²) in [6, 6.07) is 12.2. The number of pyridine rings is 1. The molecule has 0 aliphatic heterocycles. The third-order valence-corrected chi connectivity index (χ3v) is 4.39. The van der Waals surface area contributed by atoms with Crippen LogP contribution in [0.1, 0.15) is 10.4 Å². The Hall–Kier alpha value is -1.62. The number of carbonyl (C=O) groups excluding carboxylic acids is 1. The zero-order valence-corrected chi connectivity index (χ0v) is 14.2. The summed E-state index contributed by atoms with van der Waals surface area (Å²) in [5.74, 6) is -0.332. The van der Waals surface area contributed by atoms with Crippen LogP contribution < -0.4 is 5.32 Å². The van der Waals surface area contributed by atoms with Gasteiger partial charge in [-0.15, -0.1) is 0 Å². The predicted molar refractivity (Wildman–Crippen MR) is 93.9 cm³/mol. The fourth-order valence-corrected chi connectivity index (χ4v) is 2.93. The Labute approximate surface area is 145 Å². The van der Waals surface area contributed by atoms with Crippen molar-refractivity contribution < 1.29 is 4.79 Å². The van der Waals surface area contributed by atoms with E-state index in [2.05, 4.69) is 26.2 Å². The van der Waals surface area contributed by atoms with Gasteiger partial charge in [0.15, 0.2) is 0 Å². The van der Waals surface area contributed by atoms with Gasteiger partial charge in [-0.05, 0) is 36.4 Å². The first-order valence-electron chi connectivity index (χ1n) is 6.36. The average molecular weight is 396 g/mol. The normalized spacial score (nSPS) is 10.7. The summed E-state index contributed by atoms with van der Waals surface area (Å²) >= 11 is 15.5. The summed E-state index contributed by atoms with van der Waals surface area (Å²) in [6.45, 7) is 0. The van der Waals surface area contributed by atoms with E-state index in [1.165, 1.54) is 6.07 Å². The lowest BCUT2D eigenvalue weighted by molar-refractivity contribution is 0.102. The molecule has 1 aromatic heterocycles. The van der Waals surface area contributed by atoms with E-state index in [0.717, 1.165) is 9.86 Å². The molecule has 1 N–H and O–H groups in total. The fraction of sp³-hybridized carbons (Fsp3) is 0. The van der Waals surface area contributed by atoms with Gasteiger partial charge in [-0.1, -0.05) is 45.2 Å². The van der Waals surface area contributed by atoms with Crippen molar-refractivity contribution in [1.82, 2.24) is 4.98 Å². The molecule has 0 fully saturated rings. The number of nitrogens with one attached hydrogen (secondary N) is 1. The summed E-state index contributed by atoms with van der Waals surface area (Å²) in [5, 5.41) is 4.54. The number of carbonyl (C=O) groups is 1. The number of halogens is 3. The van der Waals surface area contributed by atoms with Gasteiger partial charge in [-0.2, -0.15) is 0 Å². The second kappa shape index (κ2) is 6.24. The molecule has 1 amide bonds. The van der Waals surface area contributed by atoms with E-state index in [4.69, 9.17) is 23.2 Å². The molecular formula is C16H9BrCl2N2O. The Morgan fingerprint density at radius 1 is 1.14 bits per heavy atom. The molecule has 0 spiro atoms. The highest BCUT2D eigenvalue weighted by molar-refractivity contribution is 9.10. The minimum atomic E-state index is -0.332. The topological polar surface area (TPSA) is 42.0 Å². The maximum atomic E-state index is 12.4. The predicted octanol–water partition coefficient (Wildman–Crippen LogP) is 5.56. The van der Waals surface area contributed by atoms with Crippen LogP contribution in [0, 0.1) is 0 Å². The zero-order valence-electron chi connectivity index (χ0n) is 11.1. The largest absolute Gasteiger partial charge is 0.320 e. The minimum absolute atomic E-state index is 0.321. The summed E-state index contributed by atoms with van der Waals surface area (Å²) in [7, 11) is 0. The molecule has 0 saturated heterocycles. The molecule has 22 heavy (non-hydrogen) atoms. The molecule has 0 aliphatic rings. The SMILES string of the molecule is O=C(Nc1ccc(Br)c2cccnc12)c1cc(Cl)ccc1Cl. The zero-order chi connectivity index (χ0) is 15.7. The van der Waals surface area contributed by atoms with E-state index >= 15 is 0 Å². The van der Waals surface area contributed by atoms with E-state index < -0.39 is 0 Å². The van der Waals surface area contributed by atoms with E-state index in [1.54, 1.807) is 24.4 Å². The van der Waals surface area contributed by atoms with Gasteiger partial charge < -0.3 is 5.32 Å². The standard InChI is InChI=1S/C16H9BrCl2N2O/c17-12-4-6-14(15-10(12)2-1-7-20-15)21-16(22)11-8-9(18)3-5-13(11)19/h1-8H,(H,21,22). The van der Waals surface area contributed by atoms with Crippen molar-refractivity contribution in [2.24, 2.45) is 0 Å². The van der Waals surface area contributed by atoms with Crippen molar-refractivity contribution in [1.29, 1.82) is 0 Å². The molecule has 1 heterocycles. The van der Waals surface area contributed by atoms with Crippen LogP contribution in [0.5, 0.6) is 0 Å². The van der Waals surface area contributed by atoms with Gasteiger partial charge in [-0.3, -0.25) is 9.78 Å². The van der Waals surface area contributed by atoms with Crippen molar-refractivity contribution in [2.75, 3.05) is 5.32 Å². The van der Waals surface area contributed by atoms with Crippen LogP contribution in [-0.2, 0) is 0 Å². The van der Waals surface area contributed by atoms with E-state index in [-0.39, 0.29) is 5.91 Å². The number of anilines is 1. The molecule has 0 bridgehead atoms.